The molecule has 0 saturated carbocycles. The van der Waals surface area contributed by atoms with Gasteiger partial charge in [-0.15, -0.1) is 0 Å². The Morgan fingerprint density at radius 1 is 0.200 bits per heavy atom. The normalized spacial score (nSPS) is 11.1. The van der Waals surface area contributed by atoms with Gasteiger partial charge in [-0.1, -0.05) is 194 Å². The third-order valence-corrected chi connectivity index (χ3v) is 14.3. The van der Waals surface area contributed by atoms with Crippen LogP contribution in [0.5, 0.6) is 0 Å². The highest BCUT2D eigenvalue weighted by Crippen LogP contribution is 2.45. The second kappa shape index (κ2) is 20.5. The highest BCUT2D eigenvalue weighted by molar-refractivity contribution is 5.97. The van der Waals surface area contributed by atoms with Gasteiger partial charge in [0.15, 0.2) is 0 Å². The zero-order valence-electron chi connectivity index (χ0n) is 42.2. The van der Waals surface area contributed by atoms with Crippen molar-refractivity contribution in [2.24, 2.45) is 0 Å². The second-order valence-corrected chi connectivity index (χ2v) is 19.5. The molecular formula is C72H53N3. The summed E-state index contributed by atoms with van der Waals surface area (Å²) in [5, 5.41) is 0. The number of hydrogen-bond donors (Lipinski definition) is 0. The van der Waals surface area contributed by atoms with Crippen molar-refractivity contribution in [3.8, 4) is 123 Å². The summed E-state index contributed by atoms with van der Waals surface area (Å²) in [5.74, 6) is 0. The van der Waals surface area contributed by atoms with Gasteiger partial charge in [0.1, 0.15) is 0 Å². The molecule has 3 nitrogen and oxygen atoms in total. The molecule has 12 aromatic rings. The SMILES string of the molecule is Cc1ccc(-c2ccc(-c3ccccc3-c3cc(-c4ccccc4-c4ccc(-c5cc(C)ccn5)cc4)cc(-c4ccccc4-c4ccc(-c5cc(C)ccn5)cc4)c3)c(-c3ccc(-c4ccccc4)cc3)c2)nc1. The van der Waals surface area contributed by atoms with Gasteiger partial charge in [-0.25, -0.2) is 0 Å². The first-order valence-corrected chi connectivity index (χ1v) is 25.6. The predicted molar refractivity (Wildman–Crippen MR) is 314 cm³/mol. The van der Waals surface area contributed by atoms with E-state index in [0.717, 1.165) is 117 Å². The van der Waals surface area contributed by atoms with Crippen molar-refractivity contribution in [2.75, 3.05) is 0 Å². The van der Waals surface area contributed by atoms with Crippen LogP contribution in [-0.2, 0) is 0 Å². The van der Waals surface area contributed by atoms with E-state index >= 15 is 0 Å². The molecule has 0 aliphatic heterocycles. The topological polar surface area (TPSA) is 38.7 Å². The van der Waals surface area contributed by atoms with Crippen molar-refractivity contribution in [3.05, 3.63) is 284 Å². The Morgan fingerprint density at radius 2 is 0.573 bits per heavy atom. The van der Waals surface area contributed by atoms with E-state index in [0.29, 0.717) is 0 Å². The van der Waals surface area contributed by atoms with Gasteiger partial charge in [-0.2, -0.15) is 0 Å². The second-order valence-electron chi connectivity index (χ2n) is 19.5. The molecule has 356 valence electrons. The van der Waals surface area contributed by atoms with Gasteiger partial charge in [0, 0.05) is 35.3 Å². The Hall–Kier alpha value is -9.57. The van der Waals surface area contributed by atoms with E-state index in [1.807, 2.05) is 30.7 Å². The van der Waals surface area contributed by atoms with E-state index < -0.39 is 0 Å². The van der Waals surface area contributed by atoms with E-state index in [9.17, 15) is 0 Å². The van der Waals surface area contributed by atoms with Crippen LogP contribution in [0.2, 0.25) is 0 Å². The van der Waals surface area contributed by atoms with Gasteiger partial charge in [0.2, 0.25) is 0 Å². The van der Waals surface area contributed by atoms with E-state index in [-0.39, 0.29) is 0 Å². The van der Waals surface area contributed by atoms with Gasteiger partial charge in [0.05, 0.1) is 17.1 Å². The molecule has 0 spiro atoms. The molecule has 9 aromatic carbocycles. The van der Waals surface area contributed by atoms with E-state index in [1.54, 1.807) is 0 Å². The van der Waals surface area contributed by atoms with Crippen LogP contribution in [0, 0.1) is 20.8 Å². The monoisotopic (exact) mass is 959 g/mol. The minimum absolute atomic E-state index is 0.945. The first kappa shape index (κ1) is 46.5. The standard InChI is InChI=1S/C72H53N3/c1-48-37-39-73-71(41-48)56-30-26-53(27-31-56)62-15-7-9-17-64(62)59-43-60(65-18-10-8-16-63(65)54-28-32-57(33-29-54)72-42-49(2)38-40-74-72)45-61(44-59)66-19-11-12-20-67(66)68-35-34-58(70-36-21-50(3)47-75-70)46-69(68)55-24-22-52(23-25-55)51-13-5-4-6-14-51/h4-47H,1-3H3. The largest absolute Gasteiger partial charge is 0.256 e. The molecule has 3 aromatic heterocycles. The maximum Gasteiger partial charge on any atom is 0.0704 e. The first-order valence-electron chi connectivity index (χ1n) is 25.6. The molecule has 0 unspecified atom stereocenters. The van der Waals surface area contributed by atoms with Crippen LogP contribution in [0.3, 0.4) is 0 Å². The summed E-state index contributed by atoms with van der Waals surface area (Å²) in [5.41, 5.74) is 28.0. The minimum Gasteiger partial charge on any atom is -0.256 e. The van der Waals surface area contributed by atoms with Crippen molar-refractivity contribution in [2.45, 2.75) is 20.8 Å². The molecule has 3 heterocycles. The molecule has 0 fully saturated rings. The third kappa shape index (κ3) is 9.76. The van der Waals surface area contributed by atoms with Crippen LogP contribution < -0.4 is 0 Å². The summed E-state index contributed by atoms with van der Waals surface area (Å²) in [4.78, 5) is 14.2. The predicted octanol–water partition coefficient (Wildman–Crippen LogP) is 19.1. The third-order valence-electron chi connectivity index (χ3n) is 14.3. The highest BCUT2D eigenvalue weighted by atomic mass is 14.7. The maximum absolute atomic E-state index is 4.88. The molecule has 75 heavy (non-hydrogen) atoms. The lowest BCUT2D eigenvalue weighted by Crippen LogP contribution is -1.94. The van der Waals surface area contributed by atoms with E-state index in [4.69, 9.17) is 4.98 Å². The summed E-state index contributed by atoms with van der Waals surface area (Å²) < 4.78 is 0. The van der Waals surface area contributed by atoms with Crippen LogP contribution in [0.25, 0.3) is 123 Å². The Balaban J connectivity index is 1.03. The average molecular weight is 960 g/mol. The molecule has 0 atom stereocenters. The number of hydrogen-bond acceptors (Lipinski definition) is 3. The van der Waals surface area contributed by atoms with Crippen LogP contribution in [-0.4, -0.2) is 15.0 Å². The van der Waals surface area contributed by atoms with Gasteiger partial charge in [-0.05, 0) is 181 Å². The number of aromatic nitrogens is 3. The zero-order valence-corrected chi connectivity index (χ0v) is 42.2. The lowest BCUT2D eigenvalue weighted by molar-refractivity contribution is 1.27. The molecule has 0 aliphatic carbocycles. The maximum atomic E-state index is 4.88. The van der Waals surface area contributed by atoms with Crippen LogP contribution in [0.15, 0.2) is 267 Å². The van der Waals surface area contributed by atoms with Gasteiger partial charge < -0.3 is 0 Å². The molecule has 0 bridgehead atoms. The summed E-state index contributed by atoms with van der Waals surface area (Å²) in [6.07, 6.45) is 5.72. The summed E-state index contributed by atoms with van der Waals surface area (Å²) in [7, 11) is 0. The van der Waals surface area contributed by atoms with Crippen molar-refractivity contribution in [1.82, 2.24) is 15.0 Å². The Kier molecular flexibility index (Phi) is 12.7. The highest BCUT2D eigenvalue weighted by Gasteiger charge is 2.19. The molecule has 0 N–H and O–H groups in total. The zero-order chi connectivity index (χ0) is 50.7. The fourth-order valence-electron chi connectivity index (χ4n) is 10.4. The van der Waals surface area contributed by atoms with Crippen molar-refractivity contribution < 1.29 is 0 Å². The van der Waals surface area contributed by atoms with Crippen LogP contribution in [0.4, 0.5) is 0 Å². The fourth-order valence-corrected chi connectivity index (χ4v) is 10.4. The average Bonchev–Trinajstić information content (AvgIpc) is 3.48. The molecule has 0 aliphatic rings. The van der Waals surface area contributed by atoms with Gasteiger partial charge in [-0.3, -0.25) is 15.0 Å². The van der Waals surface area contributed by atoms with E-state index in [2.05, 4.69) is 267 Å². The Labute approximate surface area is 440 Å². The molecule has 0 radical (unpaired) electrons. The van der Waals surface area contributed by atoms with E-state index in [1.165, 1.54) is 22.3 Å². The van der Waals surface area contributed by atoms with Crippen LogP contribution >= 0.6 is 0 Å². The number of benzene rings is 9. The number of aryl methyl sites for hydroxylation is 3. The number of nitrogens with zero attached hydrogens (tertiary/aromatic N) is 3. The quantitative estimate of drug-likeness (QED) is 0.130. The summed E-state index contributed by atoms with van der Waals surface area (Å²) >= 11 is 0. The molecule has 0 amide bonds. The molecular weight excluding hydrogens is 907 g/mol. The smallest absolute Gasteiger partial charge is 0.0704 e. The lowest BCUT2D eigenvalue weighted by atomic mass is 9.84. The fraction of sp³-hybridized carbons (Fsp3) is 0.0417. The first-order chi connectivity index (χ1) is 36.9. The van der Waals surface area contributed by atoms with Gasteiger partial charge in [0.25, 0.3) is 0 Å². The van der Waals surface area contributed by atoms with Crippen LogP contribution in [0.1, 0.15) is 16.7 Å². The summed E-state index contributed by atoms with van der Waals surface area (Å²) in [6.45, 7) is 6.30. The van der Waals surface area contributed by atoms with Crippen molar-refractivity contribution in [3.63, 3.8) is 0 Å². The Morgan fingerprint density at radius 3 is 1.04 bits per heavy atom. The molecule has 3 heteroatoms. The molecule has 0 saturated heterocycles. The van der Waals surface area contributed by atoms with Crippen molar-refractivity contribution in [1.29, 1.82) is 0 Å². The molecule has 12 rings (SSSR count). The Bertz CT molecular complexity index is 3840. The summed E-state index contributed by atoms with van der Waals surface area (Å²) in [6, 6.07) is 90.4. The van der Waals surface area contributed by atoms with Crippen molar-refractivity contribution >= 4 is 0 Å². The lowest BCUT2D eigenvalue weighted by Gasteiger charge is -2.19. The van der Waals surface area contributed by atoms with Gasteiger partial charge >= 0.3 is 0 Å². The minimum atomic E-state index is 0.945. The number of pyridine rings is 3. The number of rotatable bonds is 11.